The molecule has 1 aromatic heterocycles. The minimum Gasteiger partial charge on any atom is -0.479 e. The van der Waals surface area contributed by atoms with Gasteiger partial charge in [-0.1, -0.05) is 42.4 Å². The molecule has 3 heterocycles. The number of aliphatic carboxylic acids is 1. The van der Waals surface area contributed by atoms with E-state index in [0.29, 0.717) is 29.5 Å². The Morgan fingerprint density at radius 3 is 2.76 bits per heavy atom. The molecule has 3 aliphatic rings. The summed E-state index contributed by atoms with van der Waals surface area (Å²) in [4.78, 5) is 46.0. The fourth-order valence-corrected chi connectivity index (χ4v) is 7.11. The van der Waals surface area contributed by atoms with Crippen molar-refractivity contribution in [1.82, 2.24) is 15.2 Å². The zero-order chi connectivity index (χ0) is 32.6. The molecule has 3 N–H and O–H groups in total. The molecule has 14 heteroatoms. The molecule has 1 aliphatic carbocycles. The predicted octanol–water partition coefficient (Wildman–Crippen LogP) is 5.76. The van der Waals surface area contributed by atoms with E-state index < -0.39 is 65.0 Å². The lowest BCUT2D eigenvalue weighted by molar-refractivity contribution is -0.145. The van der Waals surface area contributed by atoms with Crippen molar-refractivity contribution in [2.45, 2.75) is 74.8 Å². The van der Waals surface area contributed by atoms with Crippen LogP contribution in [0.4, 0.5) is 23.2 Å². The fourth-order valence-electron chi connectivity index (χ4n) is 6.20. The Kier molecular flexibility index (Phi) is 8.66. The fraction of sp³-hybridized carbons (Fsp3) is 0.438. The zero-order valence-electron chi connectivity index (χ0n) is 24.6. The average Bonchev–Trinajstić information content (AvgIpc) is 3.32. The van der Waals surface area contributed by atoms with Crippen molar-refractivity contribution in [3.8, 4) is 5.19 Å². The molecule has 9 nitrogen and oxygen atoms in total. The van der Waals surface area contributed by atoms with Gasteiger partial charge in [0, 0.05) is 18.0 Å². The summed E-state index contributed by atoms with van der Waals surface area (Å²) in [5.41, 5.74) is -1.73. The number of nitrogens with zero attached hydrogens (tertiary/aromatic N) is 2. The highest BCUT2D eigenvalue weighted by Gasteiger charge is 2.61. The number of nitrogens with one attached hydrogen (secondary N) is 2. The molecule has 5 atom stereocenters. The summed E-state index contributed by atoms with van der Waals surface area (Å²) in [5, 5.41) is 15.9. The number of amides is 2. The number of carboxylic acids is 1. The number of carboxylic acid groups (broad SMARTS) is 1. The van der Waals surface area contributed by atoms with Crippen LogP contribution in [0.15, 0.2) is 54.6 Å². The van der Waals surface area contributed by atoms with Crippen LogP contribution in [0.1, 0.15) is 50.5 Å². The molecule has 2 fully saturated rings. The highest BCUT2D eigenvalue weighted by molar-refractivity contribution is 7.20. The van der Waals surface area contributed by atoms with Crippen molar-refractivity contribution in [2.24, 2.45) is 5.92 Å². The van der Waals surface area contributed by atoms with Gasteiger partial charge in [0.2, 0.25) is 11.8 Å². The monoisotopic (exact) mass is 660 g/mol. The number of anilines is 1. The Hall–Kier alpha value is -4.20. The first-order chi connectivity index (χ1) is 21.9. The molecule has 0 radical (unpaired) electrons. The molecule has 6 rings (SSSR count). The summed E-state index contributed by atoms with van der Waals surface area (Å²) < 4.78 is 60.7. The second-order valence-electron chi connectivity index (χ2n) is 12.0. The summed E-state index contributed by atoms with van der Waals surface area (Å²) in [6, 6.07) is 6.62. The molecule has 244 valence electrons. The van der Waals surface area contributed by atoms with Crippen LogP contribution in [0, 0.1) is 11.7 Å². The van der Waals surface area contributed by atoms with E-state index in [9.17, 15) is 37.1 Å². The number of thiazole rings is 1. The third-order valence-corrected chi connectivity index (χ3v) is 9.66. The van der Waals surface area contributed by atoms with Gasteiger partial charge in [0.25, 0.3) is 5.19 Å². The predicted molar refractivity (Wildman–Crippen MR) is 162 cm³/mol. The van der Waals surface area contributed by atoms with Crippen LogP contribution in [-0.4, -0.2) is 63.0 Å². The molecule has 0 bridgehead atoms. The average molecular weight is 661 g/mol. The van der Waals surface area contributed by atoms with Gasteiger partial charge >= 0.3 is 12.1 Å². The number of rotatable bonds is 5. The molecular formula is C32H32F4N4O5S. The van der Waals surface area contributed by atoms with E-state index in [1.54, 1.807) is 0 Å². The van der Waals surface area contributed by atoms with E-state index in [2.05, 4.69) is 15.6 Å². The second-order valence-corrected chi connectivity index (χ2v) is 13.0. The van der Waals surface area contributed by atoms with Gasteiger partial charge in [-0.05, 0) is 62.1 Å². The minimum absolute atomic E-state index is 0.0222. The Morgan fingerprint density at radius 1 is 1.15 bits per heavy atom. The zero-order valence-corrected chi connectivity index (χ0v) is 25.4. The van der Waals surface area contributed by atoms with E-state index in [-0.39, 0.29) is 30.3 Å². The Bertz CT molecular complexity index is 1680. The minimum atomic E-state index is -4.58. The highest BCUT2D eigenvalue weighted by Crippen LogP contribution is 2.45. The molecule has 0 unspecified atom stereocenters. The number of ether oxygens (including phenoxy) is 1. The third-order valence-electron chi connectivity index (χ3n) is 8.75. The lowest BCUT2D eigenvalue weighted by Gasteiger charge is -2.30. The van der Waals surface area contributed by atoms with Gasteiger partial charge in [0.05, 0.1) is 22.3 Å². The number of aromatic nitrogens is 1. The Balaban J connectivity index is 1.30. The number of benzene rings is 2. The summed E-state index contributed by atoms with van der Waals surface area (Å²) in [6.45, 7) is -0.0502. The second kappa shape index (κ2) is 12.5. The molecule has 2 aliphatic heterocycles. The van der Waals surface area contributed by atoms with Crippen LogP contribution in [-0.2, 0) is 20.6 Å². The van der Waals surface area contributed by atoms with Gasteiger partial charge in [-0.2, -0.15) is 13.2 Å². The number of fused-ring (bicyclic) bond motifs is 3. The SMILES string of the molecule is O=C1N[C@]2(C(=O)O)C[C@@H]2/C=C\CCCCC[C@H](Nc2cccc(C(F)(F)F)c2)C(=O)N2C[C@H](Oc3nc4ccc(F)cc4s3)C[C@@H]12. The van der Waals surface area contributed by atoms with Gasteiger partial charge < -0.3 is 25.4 Å². The van der Waals surface area contributed by atoms with Crippen molar-refractivity contribution >= 4 is 45.0 Å². The van der Waals surface area contributed by atoms with Crippen LogP contribution in [0.25, 0.3) is 10.2 Å². The van der Waals surface area contributed by atoms with Crippen molar-refractivity contribution in [3.63, 3.8) is 0 Å². The maximum absolute atomic E-state index is 14.2. The van der Waals surface area contributed by atoms with Gasteiger partial charge in [0.1, 0.15) is 29.5 Å². The van der Waals surface area contributed by atoms with Gasteiger partial charge in [-0.25, -0.2) is 14.2 Å². The maximum atomic E-state index is 14.2. The Morgan fingerprint density at radius 2 is 1.98 bits per heavy atom. The largest absolute Gasteiger partial charge is 0.479 e. The first-order valence-corrected chi connectivity index (χ1v) is 15.9. The lowest BCUT2D eigenvalue weighted by atomic mass is 10.0. The summed E-state index contributed by atoms with van der Waals surface area (Å²) in [5.74, 6) is -3.17. The van der Waals surface area contributed by atoms with Gasteiger partial charge in [-0.15, -0.1) is 0 Å². The first kappa shape index (κ1) is 31.8. The first-order valence-electron chi connectivity index (χ1n) is 15.1. The highest BCUT2D eigenvalue weighted by atomic mass is 32.1. The van der Waals surface area contributed by atoms with E-state index in [4.69, 9.17) is 4.74 Å². The maximum Gasteiger partial charge on any atom is 0.416 e. The van der Waals surface area contributed by atoms with E-state index in [0.717, 1.165) is 36.3 Å². The van der Waals surface area contributed by atoms with Crippen molar-refractivity contribution in [2.75, 3.05) is 11.9 Å². The van der Waals surface area contributed by atoms with Gasteiger partial charge in [-0.3, -0.25) is 9.59 Å². The number of carbonyl (C=O) groups is 3. The van der Waals surface area contributed by atoms with Crippen LogP contribution in [0.2, 0.25) is 0 Å². The van der Waals surface area contributed by atoms with Crippen LogP contribution in [0.3, 0.4) is 0 Å². The number of hydrogen-bond acceptors (Lipinski definition) is 7. The topological polar surface area (TPSA) is 121 Å². The van der Waals surface area contributed by atoms with Crippen LogP contribution in [0.5, 0.6) is 5.19 Å². The summed E-state index contributed by atoms with van der Waals surface area (Å²) in [7, 11) is 0. The summed E-state index contributed by atoms with van der Waals surface area (Å²) >= 11 is 1.11. The molecule has 1 saturated carbocycles. The van der Waals surface area contributed by atoms with Crippen molar-refractivity contribution < 1.29 is 41.8 Å². The Labute approximate surface area is 265 Å². The number of halogens is 4. The molecule has 2 aromatic carbocycles. The molecule has 3 aromatic rings. The van der Waals surface area contributed by atoms with Crippen molar-refractivity contribution in [3.05, 3.63) is 66.0 Å². The molecule has 1 saturated heterocycles. The normalized spacial score (nSPS) is 28.0. The smallest absolute Gasteiger partial charge is 0.416 e. The van der Waals surface area contributed by atoms with E-state index >= 15 is 0 Å². The molecule has 0 spiro atoms. The van der Waals surface area contributed by atoms with E-state index in [1.807, 2.05) is 12.2 Å². The standard InChI is InChI=1S/C32H32F4N4O5S/c33-20-11-12-23-26(14-20)46-30(38-23)45-22-15-25-27(41)39-31(29(43)44)16-19(31)7-4-2-1-3-5-10-24(28(42)40(25)17-22)37-21-9-6-8-18(13-21)32(34,35)36/h4,6-9,11-14,19,22,24-25,37H,1-3,5,10,15-17H2,(H,39,41)(H,43,44)/b7-4-/t19-,22+,24-,25-,31+/m0/s1. The lowest BCUT2D eigenvalue weighted by Crippen LogP contribution is -2.55. The van der Waals surface area contributed by atoms with Crippen molar-refractivity contribution in [1.29, 1.82) is 0 Å². The van der Waals surface area contributed by atoms with Gasteiger partial charge in [0.15, 0.2) is 0 Å². The number of alkyl halides is 3. The van der Waals surface area contributed by atoms with E-state index in [1.165, 1.54) is 35.2 Å². The van der Waals surface area contributed by atoms with Crippen LogP contribution < -0.4 is 15.4 Å². The number of carbonyl (C=O) groups excluding carboxylic acids is 2. The molecular weight excluding hydrogens is 628 g/mol. The van der Waals surface area contributed by atoms with Crippen LogP contribution >= 0.6 is 11.3 Å². The molecule has 46 heavy (non-hydrogen) atoms. The molecule has 2 amide bonds. The quantitative estimate of drug-likeness (QED) is 0.235. The number of allylic oxidation sites excluding steroid dienone is 1. The number of hydrogen-bond donors (Lipinski definition) is 3. The summed E-state index contributed by atoms with van der Waals surface area (Å²) in [6.07, 6.45) is 1.73. The third kappa shape index (κ3) is 6.67.